The van der Waals surface area contributed by atoms with E-state index in [1.54, 1.807) is 23.1 Å². The summed E-state index contributed by atoms with van der Waals surface area (Å²) in [7, 11) is -3.60. The summed E-state index contributed by atoms with van der Waals surface area (Å²) in [5, 5.41) is 0. The van der Waals surface area contributed by atoms with Gasteiger partial charge in [-0.2, -0.15) is 4.31 Å². The molecule has 0 aromatic heterocycles. The van der Waals surface area contributed by atoms with E-state index in [2.05, 4.69) is 0 Å². The molecule has 0 N–H and O–H groups in total. The summed E-state index contributed by atoms with van der Waals surface area (Å²) in [5.41, 5.74) is 0.491. The highest BCUT2D eigenvalue weighted by molar-refractivity contribution is 7.89. The molecule has 0 saturated carbocycles. The summed E-state index contributed by atoms with van der Waals surface area (Å²) < 4.78 is 38.4. The summed E-state index contributed by atoms with van der Waals surface area (Å²) in [4.78, 5) is 27.6. The number of ether oxygens (including phenoxy) is 2. The molecular formula is C24H26N2O6S. The number of para-hydroxylation sites is 1. The molecule has 2 fully saturated rings. The Labute approximate surface area is 193 Å². The molecule has 2 saturated heterocycles. The van der Waals surface area contributed by atoms with Gasteiger partial charge >= 0.3 is 0 Å². The van der Waals surface area contributed by atoms with E-state index >= 15 is 0 Å². The maximum absolute atomic E-state index is 13.0. The average molecular weight is 471 g/mol. The largest absolute Gasteiger partial charge is 0.486 e. The quantitative estimate of drug-likeness (QED) is 0.684. The monoisotopic (exact) mass is 470 g/mol. The van der Waals surface area contributed by atoms with Crippen LogP contribution < -0.4 is 4.74 Å². The lowest BCUT2D eigenvalue weighted by molar-refractivity contribution is -0.00571. The third-order valence-electron chi connectivity index (χ3n) is 6.67. The predicted octanol–water partition coefficient (Wildman–Crippen LogP) is 2.35. The second-order valence-electron chi connectivity index (χ2n) is 8.71. The number of fused-ring (bicyclic) bond motifs is 1. The zero-order valence-electron chi connectivity index (χ0n) is 18.2. The fourth-order valence-electron chi connectivity index (χ4n) is 4.73. The topological polar surface area (TPSA) is 93.2 Å². The Bertz CT molecular complexity index is 1160. The summed E-state index contributed by atoms with van der Waals surface area (Å²) >= 11 is 0. The maximum atomic E-state index is 13.0. The molecule has 9 heteroatoms. The van der Waals surface area contributed by atoms with Gasteiger partial charge in [-0.15, -0.1) is 0 Å². The van der Waals surface area contributed by atoms with E-state index in [-0.39, 0.29) is 16.6 Å². The molecule has 0 unspecified atom stereocenters. The van der Waals surface area contributed by atoms with Crippen LogP contribution in [0.2, 0.25) is 0 Å². The van der Waals surface area contributed by atoms with Crippen LogP contribution in [0.4, 0.5) is 0 Å². The zero-order valence-corrected chi connectivity index (χ0v) is 19.1. The van der Waals surface area contributed by atoms with Crippen molar-refractivity contribution in [2.24, 2.45) is 0 Å². The molecule has 3 aliphatic heterocycles. The first-order chi connectivity index (χ1) is 15.9. The number of nitrogens with zero attached hydrogens (tertiary/aromatic N) is 2. The van der Waals surface area contributed by atoms with E-state index in [0.29, 0.717) is 75.5 Å². The van der Waals surface area contributed by atoms with Gasteiger partial charge in [0.2, 0.25) is 10.0 Å². The molecule has 33 heavy (non-hydrogen) atoms. The molecule has 5 rings (SSSR count). The Kier molecular flexibility index (Phi) is 5.72. The molecule has 174 valence electrons. The van der Waals surface area contributed by atoms with Crippen LogP contribution in [-0.4, -0.2) is 74.3 Å². The van der Waals surface area contributed by atoms with Crippen molar-refractivity contribution in [1.29, 1.82) is 0 Å². The first-order valence-electron chi connectivity index (χ1n) is 11.2. The third kappa shape index (κ3) is 4.16. The number of ketones is 1. The van der Waals surface area contributed by atoms with E-state index in [1.165, 1.54) is 16.4 Å². The maximum Gasteiger partial charge on any atom is 0.253 e. The van der Waals surface area contributed by atoms with Crippen molar-refractivity contribution >= 4 is 21.7 Å². The van der Waals surface area contributed by atoms with Gasteiger partial charge in [0.25, 0.3) is 5.91 Å². The SMILES string of the molecule is O=C1CC2(CCN(C(=O)c3ccc(S(=O)(=O)N4CCOCC4)cc3)CC2)Oc2ccccc21. The van der Waals surface area contributed by atoms with E-state index in [9.17, 15) is 18.0 Å². The van der Waals surface area contributed by atoms with Crippen LogP contribution in [0.3, 0.4) is 0 Å². The number of hydrogen-bond acceptors (Lipinski definition) is 6. The van der Waals surface area contributed by atoms with Gasteiger partial charge in [0.15, 0.2) is 5.78 Å². The molecule has 2 aromatic carbocycles. The van der Waals surface area contributed by atoms with Crippen LogP contribution in [0, 0.1) is 0 Å². The number of piperidine rings is 1. The average Bonchev–Trinajstić information content (AvgIpc) is 2.85. The minimum atomic E-state index is -3.60. The number of likely N-dealkylation sites (tertiary alicyclic amines) is 1. The molecule has 8 nitrogen and oxygen atoms in total. The highest BCUT2D eigenvalue weighted by Gasteiger charge is 2.43. The van der Waals surface area contributed by atoms with Crippen LogP contribution >= 0.6 is 0 Å². The van der Waals surface area contributed by atoms with Crippen molar-refractivity contribution in [2.45, 2.75) is 29.8 Å². The van der Waals surface area contributed by atoms with Crippen molar-refractivity contribution in [3.05, 3.63) is 59.7 Å². The summed E-state index contributed by atoms with van der Waals surface area (Å²) in [5.74, 6) is 0.544. The summed E-state index contributed by atoms with van der Waals surface area (Å²) in [6.07, 6.45) is 1.46. The molecule has 0 bridgehead atoms. The van der Waals surface area contributed by atoms with Crippen LogP contribution in [0.5, 0.6) is 5.75 Å². The number of carbonyl (C=O) groups excluding carboxylic acids is 2. The molecule has 1 amide bonds. The van der Waals surface area contributed by atoms with Gasteiger partial charge in [0, 0.05) is 44.6 Å². The van der Waals surface area contributed by atoms with Gasteiger partial charge in [0.1, 0.15) is 11.4 Å². The second kappa shape index (κ2) is 8.55. The van der Waals surface area contributed by atoms with E-state index in [0.717, 1.165) is 0 Å². The highest BCUT2D eigenvalue weighted by Crippen LogP contribution is 2.39. The van der Waals surface area contributed by atoms with Gasteiger partial charge in [-0.05, 0) is 36.4 Å². The number of sulfonamides is 1. The molecule has 3 heterocycles. The molecule has 0 radical (unpaired) electrons. The van der Waals surface area contributed by atoms with Crippen LogP contribution in [0.25, 0.3) is 0 Å². The lowest BCUT2D eigenvalue weighted by atomic mass is 9.82. The second-order valence-corrected chi connectivity index (χ2v) is 10.7. The van der Waals surface area contributed by atoms with Gasteiger partial charge in [-0.25, -0.2) is 8.42 Å². The van der Waals surface area contributed by atoms with E-state index < -0.39 is 15.6 Å². The minimum Gasteiger partial charge on any atom is -0.486 e. The zero-order chi connectivity index (χ0) is 23.1. The smallest absolute Gasteiger partial charge is 0.253 e. The van der Waals surface area contributed by atoms with E-state index in [4.69, 9.17) is 9.47 Å². The first-order valence-corrected chi connectivity index (χ1v) is 12.6. The number of hydrogen-bond donors (Lipinski definition) is 0. The Hall–Kier alpha value is -2.75. The van der Waals surface area contributed by atoms with Crippen molar-refractivity contribution < 1.29 is 27.5 Å². The summed E-state index contributed by atoms with van der Waals surface area (Å²) in [6.45, 7) is 2.37. The van der Waals surface area contributed by atoms with Gasteiger partial charge in [0.05, 0.1) is 30.1 Å². The Balaban J connectivity index is 1.25. The fraction of sp³-hybridized carbons (Fsp3) is 0.417. The third-order valence-corrected chi connectivity index (χ3v) is 8.58. The van der Waals surface area contributed by atoms with E-state index in [1.807, 2.05) is 18.2 Å². The van der Waals surface area contributed by atoms with Crippen LogP contribution in [-0.2, 0) is 14.8 Å². The van der Waals surface area contributed by atoms with Crippen molar-refractivity contribution in [1.82, 2.24) is 9.21 Å². The molecule has 1 spiro atoms. The number of rotatable bonds is 3. The van der Waals surface area contributed by atoms with Crippen molar-refractivity contribution in [3.8, 4) is 5.75 Å². The molecule has 2 aromatic rings. The predicted molar refractivity (Wildman–Crippen MR) is 120 cm³/mol. The number of Topliss-reactive ketones (excluding diaryl/α,β-unsaturated/α-hetero) is 1. The Morgan fingerprint density at radius 2 is 1.58 bits per heavy atom. The lowest BCUT2D eigenvalue weighted by Crippen LogP contribution is -2.52. The van der Waals surface area contributed by atoms with Crippen molar-refractivity contribution in [2.75, 3.05) is 39.4 Å². The first kappa shape index (κ1) is 22.1. The van der Waals surface area contributed by atoms with Crippen LogP contribution in [0.1, 0.15) is 40.0 Å². The number of carbonyl (C=O) groups is 2. The van der Waals surface area contributed by atoms with Gasteiger partial charge in [-0.1, -0.05) is 12.1 Å². The molecule has 0 aliphatic carbocycles. The summed E-state index contributed by atoms with van der Waals surface area (Å²) in [6, 6.07) is 13.4. The molecular weight excluding hydrogens is 444 g/mol. The number of morpholine rings is 1. The van der Waals surface area contributed by atoms with Gasteiger partial charge in [-0.3, -0.25) is 9.59 Å². The lowest BCUT2D eigenvalue weighted by Gasteiger charge is -2.44. The van der Waals surface area contributed by atoms with Crippen molar-refractivity contribution in [3.63, 3.8) is 0 Å². The minimum absolute atomic E-state index is 0.0775. The molecule has 3 aliphatic rings. The number of benzene rings is 2. The normalized spacial score (nSPS) is 20.8. The molecule has 0 atom stereocenters. The Morgan fingerprint density at radius 1 is 0.909 bits per heavy atom. The standard InChI is InChI=1S/C24H26N2O6S/c27-21-17-24(32-22-4-2-1-3-20(21)22)9-11-25(12-10-24)23(28)18-5-7-19(8-6-18)33(29,30)26-13-15-31-16-14-26/h1-8H,9-17H2. The number of amides is 1. The van der Waals surface area contributed by atoms with Gasteiger partial charge < -0.3 is 14.4 Å². The fourth-order valence-corrected chi connectivity index (χ4v) is 6.14. The Morgan fingerprint density at radius 3 is 2.27 bits per heavy atom. The highest BCUT2D eigenvalue weighted by atomic mass is 32.2. The van der Waals surface area contributed by atoms with Crippen LogP contribution in [0.15, 0.2) is 53.4 Å².